The summed E-state index contributed by atoms with van der Waals surface area (Å²) in [6.45, 7) is -0.283. The van der Waals surface area contributed by atoms with Crippen LogP contribution in [0.25, 0.3) is 16.8 Å². The Bertz CT molecular complexity index is 1450. The molecule has 2 N–H and O–H groups in total. The molecule has 3 aromatic heterocycles. The molecule has 1 aliphatic heterocycles. The van der Waals surface area contributed by atoms with Gasteiger partial charge in [0.2, 0.25) is 0 Å². The number of aliphatic hydroxyl groups excluding tert-OH is 1. The van der Waals surface area contributed by atoms with Crippen LogP contribution in [0, 0.1) is 5.82 Å². The summed E-state index contributed by atoms with van der Waals surface area (Å²) in [7, 11) is 0. The molecule has 36 heavy (non-hydrogen) atoms. The summed E-state index contributed by atoms with van der Waals surface area (Å²) in [5.74, 6) is -0.258. The minimum Gasteiger partial charge on any atom is -0.435 e. The Hall–Kier alpha value is -3.63. The maximum atomic E-state index is 15.1. The van der Waals surface area contributed by atoms with Crippen LogP contribution in [0.1, 0.15) is 42.3 Å². The van der Waals surface area contributed by atoms with Gasteiger partial charge in [-0.1, -0.05) is 18.2 Å². The van der Waals surface area contributed by atoms with Crippen LogP contribution in [-0.4, -0.2) is 49.9 Å². The molecule has 4 heterocycles. The average molecular weight is 496 g/mol. The predicted octanol–water partition coefficient (Wildman–Crippen LogP) is 4.28. The van der Waals surface area contributed by atoms with E-state index >= 15 is 4.39 Å². The number of β-amino-alcohol motifs (C(OH)–C–C–N with tert-alkyl or cyclic N) is 1. The highest BCUT2D eigenvalue weighted by atomic mass is 19.3. The fraction of sp³-hybridized carbons (Fsp3) is 0.308. The van der Waals surface area contributed by atoms with Crippen LogP contribution in [0.3, 0.4) is 0 Å². The van der Waals surface area contributed by atoms with Crippen molar-refractivity contribution in [3.8, 4) is 16.9 Å². The van der Waals surface area contributed by atoms with E-state index in [4.69, 9.17) is 4.74 Å². The second-order valence-corrected chi connectivity index (χ2v) is 9.62. The number of hydrogen-bond donors (Lipinski definition) is 2. The van der Waals surface area contributed by atoms with Crippen molar-refractivity contribution in [1.82, 2.24) is 14.4 Å². The number of fused-ring (bicyclic) bond motifs is 3. The van der Waals surface area contributed by atoms with E-state index in [9.17, 15) is 19.0 Å². The lowest BCUT2D eigenvalue weighted by atomic mass is 9.95. The van der Waals surface area contributed by atoms with Crippen molar-refractivity contribution in [2.45, 2.75) is 37.6 Å². The summed E-state index contributed by atoms with van der Waals surface area (Å²) in [5, 5.41) is 20.7. The molecule has 2 atom stereocenters. The normalized spacial score (nSPS) is 20.6. The van der Waals surface area contributed by atoms with Gasteiger partial charge in [0.25, 0.3) is 0 Å². The molecular weight excluding hydrogens is 473 g/mol. The first kappa shape index (κ1) is 22.8. The Morgan fingerprint density at radius 2 is 1.94 bits per heavy atom. The lowest BCUT2D eigenvalue weighted by Gasteiger charge is -2.44. The monoisotopic (exact) mass is 496 g/mol. The van der Waals surface area contributed by atoms with E-state index in [2.05, 4.69) is 9.97 Å². The number of para-hydroxylation sites is 1. The van der Waals surface area contributed by atoms with Gasteiger partial charge >= 0.3 is 6.61 Å². The topological polar surface area (TPSA) is 83.1 Å². The van der Waals surface area contributed by atoms with Crippen molar-refractivity contribution in [3.63, 3.8) is 0 Å². The Kier molecular flexibility index (Phi) is 5.20. The minimum absolute atomic E-state index is 0.0274. The molecule has 0 radical (unpaired) electrons. The van der Waals surface area contributed by atoms with Gasteiger partial charge in [-0.3, -0.25) is 0 Å². The fourth-order valence-corrected chi connectivity index (χ4v) is 5.27. The second kappa shape index (κ2) is 8.21. The van der Waals surface area contributed by atoms with Crippen molar-refractivity contribution in [1.29, 1.82) is 0 Å². The maximum Gasteiger partial charge on any atom is 0.387 e. The standard InChI is InChI=1S/C26H23F3N4O3/c1-26(35)12-32(13-26)21-7-6-14(10-30-21)17-11-33-22(9-18(17)27)31-23-19(34)8-16(24(23)33)15-4-2-3-5-20(15)36-25(28)29/h2-7,9-11,16,19,25,34-35H,8,12-13H2,1H3/t16-,19-/m1/s1. The summed E-state index contributed by atoms with van der Waals surface area (Å²) < 4.78 is 47.6. The molecule has 0 amide bonds. The van der Waals surface area contributed by atoms with Crippen LogP contribution in [0.2, 0.25) is 0 Å². The van der Waals surface area contributed by atoms with E-state index in [-0.39, 0.29) is 17.7 Å². The summed E-state index contributed by atoms with van der Waals surface area (Å²) in [4.78, 5) is 10.8. The van der Waals surface area contributed by atoms with Crippen LogP contribution in [0.5, 0.6) is 5.75 Å². The van der Waals surface area contributed by atoms with Crippen molar-refractivity contribution in [2.24, 2.45) is 0 Å². The quantitative estimate of drug-likeness (QED) is 0.429. The van der Waals surface area contributed by atoms with Crippen molar-refractivity contribution in [2.75, 3.05) is 18.0 Å². The van der Waals surface area contributed by atoms with Gasteiger partial charge in [-0.2, -0.15) is 8.78 Å². The first-order valence-corrected chi connectivity index (χ1v) is 11.6. The van der Waals surface area contributed by atoms with Crippen LogP contribution in [0.4, 0.5) is 19.0 Å². The van der Waals surface area contributed by atoms with E-state index in [1.54, 1.807) is 54.0 Å². The molecule has 0 saturated carbocycles. The number of hydrogen-bond acceptors (Lipinski definition) is 6. The second-order valence-electron chi connectivity index (χ2n) is 9.62. The van der Waals surface area contributed by atoms with Gasteiger partial charge < -0.3 is 24.3 Å². The molecule has 1 aromatic carbocycles. The number of halogens is 3. The first-order valence-electron chi connectivity index (χ1n) is 11.6. The molecule has 2 aliphatic rings. The van der Waals surface area contributed by atoms with Gasteiger partial charge in [-0.05, 0) is 31.5 Å². The van der Waals surface area contributed by atoms with Crippen LogP contribution in [-0.2, 0) is 0 Å². The van der Waals surface area contributed by atoms with Gasteiger partial charge in [0.15, 0.2) is 0 Å². The molecule has 6 rings (SSSR count). The average Bonchev–Trinajstić information content (AvgIpc) is 3.34. The Morgan fingerprint density at radius 1 is 1.17 bits per heavy atom. The van der Waals surface area contributed by atoms with Gasteiger partial charge in [0.1, 0.15) is 23.0 Å². The minimum atomic E-state index is -2.99. The Morgan fingerprint density at radius 3 is 2.64 bits per heavy atom. The van der Waals surface area contributed by atoms with E-state index in [1.165, 1.54) is 12.1 Å². The molecule has 0 spiro atoms. The number of aromatic nitrogens is 3. The number of benzene rings is 1. The summed E-state index contributed by atoms with van der Waals surface area (Å²) in [6, 6.07) is 11.3. The molecule has 186 valence electrons. The number of imidazole rings is 1. The third kappa shape index (κ3) is 3.77. The zero-order chi connectivity index (χ0) is 25.2. The zero-order valence-corrected chi connectivity index (χ0v) is 19.3. The van der Waals surface area contributed by atoms with Gasteiger partial charge in [-0.25, -0.2) is 14.4 Å². The molecule has 1 saturated heterocycles. The SMILES string of the molecule is CC1(O)CN(c2ccc(-c3cn4c5c(nc4cc3F)[C@H](O)C[C@@H]5c3ccccc3OC(F)F)cn2)C1. The molecule has 4 aromatic rings. The van der Waals surface area contributed by atoms with Crippen molar-refractivity contribution in [3.05, 3.63) is 77.6 Å². The van der Waals surface area contributed by atoms with E-state index in [0.717, 1.165) is 0 Å². The molecular formula is C26H23F3N4O3. The highest BCUT2D eigenvalue weighted by molar-refractivity contribution is 5.67. The van der Waals surface area contributed by atoms with Crippen LogP contribution < -0.4 is 9.64 Å². The number of nitrogens with zero attached hydrogens (tertiary/aromatic N) is 4. The molecule has 0 bridgehead atoms. The summed E-state index contributed by atoms with van der Waals surface area (Å²) >= 11 is 0. The molecule has 1 aliphatic carbocycles. The third-order valence-corrected chi connectivity index (χ3v) is 6.84. The maximum absolute atomic E-state index is 15.1. The van der Waals surface area contributed by atoms with Gasteiger partial charge in [0, 0.05) is 54.2 Å². The zero-order valence-electron chi connectivity index (χ0n) is 19.3. The predicted molar refractivity (Wildman–Crippen MR) is 126 cm³/mol. The summed E-state index contributed by atoms with van der Waals surface area (Å²) in [5.41, 5.74) is 1.90. The van der Waals surface area contributed by atoms with Crippen LogP contribution >= 0.6 is 0 Å². The molecule has 1 fully saturated rings. The van der Waals surface area contributed by atoms with Gasteiger partial charge in [-0.15, -0.1) is 0 Å². The van der Waals surface area contributed by atoms with E-state index in [1.807, 2.05) is 4.90 Å². The largest absolute Gasteiger partial charge is 0.435 e. The number of anilines is 1. The highest BCUT2D eigenvalue weighted by Crippen LogP contribution is 2.47. The van der Waals surface area contributed by atoms with E-state index in [0.29, 0.717) is 47.1 Å². The molecule has 10 heteroatoms. The lowest BCUT2D eigenvalue weighted by Crippen LogP contribution is -2.60. The number of aliphatic hydroxyl groups is 2. The number of ether oxygens (including phenoxy) is 1. The number of pyridine rings is 2. The van der Waals surface area contributed by atoms with Crippen molar-refractivity contribution >= 4 is 11.5 Å². The Balaban J connectivity index is 1.41. The Labute approximate surface area is 204 Å². The number of alkyl halides is 2. The first-order chi connectivity index (χ1) is 17.2. The number of rotatable bonds is 5. The fourth-order valence-electron chi connectivity index (χ4n) is 5.27. The lowest BCUT2D eigenvalue weighted by molar-refractivity contribution is -0.0506. The molecule has 0 unspecified atom stereocenters. The smallest absolute Gasteiger partial charge is 0.387 e. The summed E-state index contributed by atoms with van der Waals surface area (Å²) in [6.07, 6.45) is 2.49. The van der Waals surface area contributed by atoms with Crippen LogP contribution in [0.15, 0.2) is 54.9 Å². The molecule has 7 nitrogen and oxygen atoms in total. The van der Waals surface area contributed by atoms with Crippen molar-refractivity contribution < 1.29 is 28.1 Å². The third-order valence-electron chi connectivity index (χ3n) is 6.84. The van der Waals surface area contributed by atoms with E-state index < -0.39 is 30.1 Å². The van der Waals surface area contributed by atoms with Gasteiger partial charge in [0.05, 0.1) is 23.1 Å². The highest BCUT2D eigenvalue weighted by Gasteiger charge is 2.38.